The van der Waals surface area contributed by atoms with Crippen LogP contribution in [0.4, 0.5) is 0 Å². The minimum absolute atomic E-state index is 0.279. The first kappa shape index (κ1) is 6.24. The standard InChI is InChI=1S/C6H8N2O/c7-3-5-4-9-2-1-6(5)8/h5,8H,1-2,4H2. The SMILES string of the molecule is N#CC1COCCC1=N. The van der Waals surface area contributed by atoms with Gasteiger partial charge in [0, 0.05) is 12.1 Å². The van der Waals surface area contributed by atoms with Crippen molar-refractivity contribution in [2.45, 2.75) is 6.42 Å². The van der Waals surface area contributed by atoms with E-state index in [1.165, 1.54) is 0 Å². The minimum atomic E-state index is -0.279. The number of rotatable bonds is 0. The van der Waals surface area contributed by atoms with Crippen molar-refractivity contribution in [2.75, 3.05) is 13.2 Å². The summed E-state index contributed by atoms with van der Waals surface area (Å²) in [6, 6.07) is 2.00. The second kappa shape index (κ2) is 2.60. The Balaban J connectivity index is 2.51. The third-order valence-electron chi connectivity index (χ3n) is 1.38. The van der Waals surface area contributed by atoms with Crippen molar-refractivity contribution in [2.24, 2.45) is 5.92 Å². The molecule has 0 saturated carbocycles. The Kier molecular flexibility index (Phi) is 1.81. The highest BCUT2D eigenvalue weighted by molar-refractivity contribution is 5.86. The van der Waals surface area contributed by atoms with Gasteiger partial charge in [-0.05, 0) is 0 Å². The van der Waals surface area contributed by atoms with Gasteiger partial charge >= 0.3 is 0 Å². The quantitative estimate of drug-likeness (QED) is 0.513. The molecule has 1 aliphatic rings. The van der Waals surface area contributed by atoms with Gasteiger partial charge in [-0.1, -0.05) is 0 Å². The zero-order valence-electron chi connectivity index (χ0n) is 5.05. The van der Waals surface area contributed by atoms with Gasteiger partial charge in [-0.15, -0.1) is 0 Å². The molecule has 0 bridgehead atoms. The molecule has 0 aromatic rings. The molecule has 3 nitrogen and oxygen atoms in total. The van der Waals surface area contributed by atoms with Gasteiger partial charge in [0.2, 0.25) is 0 Å². The zero-order chi connectivity index (χ0) is 6.69. The topological polar surface area (TPSA) is 56.9 Å². The number of hydrogen-bond donors (Lipinski definition) is 1. The Morgan fingerprint density at radius 1 is 1.78 bits per heavy atom. The van der Waals surface area contributed by atoms with E-state index in [0.29, 0.717) is 25.3 Å². The Hall–Kier alpha value is -0.880. The lowest BCUT2D eigenvalue weighted by Gasteiger charge is -2.16. The highest BCUT2D eigenvalue weighted by atomic mass is 16.5. The molecule has 1 unspecified atom stereocenters. The van der Waals surface area contributed by atoms with Gasteiger partial charge in [0.05, 0.1) is 19.3 Å². The molecular formula is C6H8N2O. The van der Waals surface area contributed by atoms with Crippen molar-refractivity contribution in [3.8, 4) is 6.07 Å². The van der Waals surface area contributed by atoms with Crippen LogP contribution in [-0.2, 0) is 4.74 Å². The Morgan fingerprint density at radius 2 is 2.56 bits per heavy atom. The van der Waals surface area contributed by atoms with E-state index >= 15 is 0 Å². The van der Waals surface area contributed by atoms with E-state index in [1.807, 2.05) is 6.07 Å². The summed E-state index contributed by atoms with van der Waals surface area (Å²) in [6.07, 6.45) is 0.623. The van der Waals surface area contributed by atoms with Crippen LogP contribution in [0.1, 0.15) is 6.42 Å². The second-order valence-corrected chi connectivity index (χ2v) is 2.03. The van der Waals surface area contributed by atoms with Crippen molar-refractivity contribution >= 4 is 5.71 Å². The monoisotopic (exact) mass is 124 g/mol. The average molecular weight is 124 g/mol. The van der Waals surface area contributed by atoms with Gasteiger partial charge in [0.25, 0.3) is 0 Å². The van der Waals surface area contributed by atoms with Crippen LogP contribution in [-0.4, -0.2) is 18.9 Å². The van der Waals surface area contributed by atoms with Gasteiger partial charge in [0.15, 0.2) is 0 Å². The minimum Gasteiger partial charge on any atom is -0.379 e. The molecule has 0 spiro atoms. The first-order valence-electron chi connectivity index (χ1n) is 2.89. The Labute approximate surface area is 53.7 Å². The first-order valence-corrected chi connectivity index (χ1v) is 2.89. The van der Waals surface area contributed by atoms with Gasteiger partial charge in [-0.2, -0.15) is 5.26 Å². The molecule has 1 saturated heterocycles. The van der Waals surface area contributed by atoms with Crippen LogP contribution in [0.3, 0.4) is 0 Å². The number of hydrogen-bond acceptors (Lipinski definition) is 3. The second-order valence-electron chi connectivity index (χ2n) is 2.03. The highest BCUT2D eigenvalue weighted by Crippen LogP contribution is 2.07. The van der Waals surface area contributed by atoms with Gasteiger partial charge in [-0.3, -0.25) is 0 Å². The number of nitrogens with zero attached hydrogens (tertiary/aromatic N) is 1. The molecule has 1 N–H and O–H groups in total. The van der Waals surface area contributed by atoms with Crippen LogP contribution in [0.15, 0.2) is 0 Å². The largest absolute Gasteiger partial charge is 0.379 e. The van der Waals surface area contributed by atoms with Crippen LogP contribution in [0.5, 0.6) is 0 Å². The van der Waals surface area contributed by atoms with E-state index in [1.54, 1.807) is 0 Å². The normalized spacial score (nSPS) is 27.4. The summed E-state index contributed by atoms with van der Waals surface area (Å²) in [4.78, 5) is 0. The maximum absolute atomic E-state index is 8.39. The molecule has 48 valence electrons. The molecule has 0 aliphatic carbocycles. The van der Waals surface area contributed by atoms with E-state index in [-0.39, 0.29) is 5.92 Å². The fourth-order valence-electron chi connectivity index (χ4n) is 0.773. The molecular weight excluding hydrogens is 116 g/mol. The maximum atomic E-state index is 8.39. The third-order valence-corrected chi connectivity index (χ3v) is 1.38. The number of nitrogens with one attached hydrogen (secondary N) is 1. The summed E-state index contributed by atoms with van der Waals surface area (Å²) < 4.78 is 4.98. The molecule has 0 aromatic carbocycles. The summed E-state index contributed by atoms with van der Waals surface area (Å²) in [6.45, 7) is 1.02. The summed E-state index contributed by atoms with van der Waals surface area (Å²) >= 11 is 0. The molecule has 3 heteroatoms. The summed E-state index contributed by atoms with van der Waals surface area (Å²) in [7, 11) is 0. The molecule has 9 heavy (non-hydrogen) atoms. The average Bonchev–Trinajstić information content (AvgIpc) is 1.89. The van der Waals surface area contributed by atoms with Crippen LogP contribution in [0.25, 0.3) is 0 Å². The van der Waals surface area contributed by atoms with Crippen LogP contribution in [0, 0.1) is 22.7 Å². The summed E-state index contributed by atoms with van der Waals surface area (Å²) in [5.41, 5.74) is 0.517. The molecule has 0 aromatic heterocycles. The van der Waals surface area contributed by atoms with Crippen molar-refractivity contribution in [3.63, 3.8) is 0 Å². The van der Waals surface area contributed by atoms with Crippen molar-refractivity contribution < 1.29 is 4.74 Å². The van der Waals surface area contributed by atoms with Gasteiger partial charge in [0.1, 0.15) is 5.92 Å². The van der Waals surface area contributed by atoms with Crippen molar-refractivity contribution in [1.82, 2.24) is 0 Å². The lowest BCUT2D eigenvalue weighted by Crippen LogP contribution is -2.25. The van der Waals surface area contributed by atoms with Crippen molar-refractivity contribution in [3.05, 3.63) is 0 Å². The zero-order valence-corrected chi connectivity index (χ0v) is 5.05. The Bertz CT molecular complexity index is 159. The predicted molar refractivity (Wildman–Crippen MR) is 32.3 cm³/mol. The van der Waals surface area contributed by atoms with E-state index in [9.17, 15) is 0 Å². The Morgan fingerprint density at radius 3 is 3.00 bits per heavy atom. The molecule has 1 fully saturated rings. The summed E-state index contributed by atoms with van der Waals surface area (Å²) in [5, 5.41) is 15.6. The fourth-order valence-corrected chi connectivity index (χ4v) is 0.773. The van der Waals surface area contributed by atoms with E-state index in [4.69, 9.17) is 15.4 Å². The van der Waals surface area contributed by atoms with Gasteiger partial charge < -0.3 is 10.1 Å². The molecule has 1 rings (SSSR count). The molecule has 1 aliphatic heterocycles. The smallest absolute Gasteiger partial charge is 0.107 e. The lowest BCUT2D eigenvalue weighted by atomic mass is 10.0. The highest BCUT2D eigenvalue weighted by Gasteiger charge is 2.17. The van der Waals surface area contributed by atoms with Crippen LogP contribution < -0.4 is 0 Å². The van der Waals surface area contributed by atoms with E-state index in [2.05, 4.69) is 0 Å². The van der Waals surface area contributed by atoms with Crippen molar-refractivity contribution in [1.29, 1.82) is 10.7 Å². The first-order chi connectivity index (χ1) is 4.34. The van der Waals surface area contributed by atoms with Gasteiger partial charge in [-0.25, -0.2) is 0 Å². The lowest BCUT2D eigenvalue weighted by molar-refractivity contribution is 0.118. The van der Waals surface area contributed by atoms with Crippen LogP contribution >= 0.6 is 0 Å². The maximum Gasteiger partial charge on any atom is 0.107 e. The fraction of sp³-hybridized carbons (Fsp3) is 0.667. The molecule has 1 atom stereocenters. The summed E-state index contributed by atoms with van der Waals surface area (Å²) in [5.74, 6) is -0.279. The molecule has 1 heterocycles. The van der Waals surface area contributed by atoms with E-state index < -0.39 is 0 Å². The number of ether oxygens (including phenoxy) is 1. The third kappa shape index (κ3) is 1.27. The number of nitriles is 1. The molecule has 0 amide bonds. The van der Waals surface area contributed by atoms with Crippen LogP contribution in [0.2, 0.25) is 0 Å². The molecule has 0 radical (unpaired) electrons. The van der Waals surface area contributed by atoms with E-state index in [0.717, 1.165) is 0 Å². The predicted octanol–water partition coefficient (Wildman–Crippen LogP) is 0.566.